The summed E-state index contributed by atoms with van der Waals surface area (Å²) in [6, 6.07) is 13.9. The summed E-state index contributed by atoms with van der Waals surface area (Å²) in [5.74, 6) is 0.399. The number of aromatic nitrogens is 2. The Balaban J connectivity index is 1.35. The number of oxazole rings is 1. The Morgan fingerprint density at radius 1 is 1.22 bits per heavy atom. The molecule has 1 aliphatic heterocycles. The molecule has 1 saturated heterocycles. The first-order valence-electron chi connectivity index (χ1n) is 12.7. The number of benzene rings is 2. The Kier molecular flexibility index (Phi) is 7.95. The molecule has 1 atom stereocenters. The maximum Gasteiger partial charge on any atom is 0.236 e. The number of nitrogens with two attached hydrogens (primary N) is 1. The Labute approximate surface area is 240 Å². The summed E-state index contributed by atoms with van der Waals surface area (Å²) in [5, 5.41) is 10.5. The van der Waals surface area contributed by atoms with E-state index < -0.39 is 5.79 Å². The number of hydrogen-bond acceptors (Lipinski definition) is 9. The summed E-state index contributed by atoms with van der Waals surface area (Å²) in [4.78, 5) is 12.4. The van der Waals surface area contributed by atoms with Gasteiger partial charge in [-0.15, -0.1) is 0 Å². The van der Waals surface area contributed by atoms with Crippen LogP contribution in [0.15, 0.2) is 58.2 Å². The minimum absolute atomic E-state index is 0.0282. The Hall–Kier alpha value is -4.42. The molecule has 1 fully saturated rings. The van der Waals surface area contributed by atoms with Gasteiger partial charge in [0.2, 0.25) is 11.6 Å². The highest BCUT2D eigenvalue weighted by molar-refractivity contribution is 7.98. The van der Waals surface area contributed by atoms with Crippen LogP contribution in [-0.2, 0) is 15.2 Å². The van der Waals surface area contributed by atoms with Crippen molar-refractivity contribution >= 4 is 23.3 Å². The van der Waals surface area contributed by atoms with Crippen LogP contribution in [0.1, 0.15) is 30.7 Å². The van der Waals surface area contributed by atoms with Crippen molar-refractivity contribution in [1.82, 2.24) is 9.97 Å². The van der Waals surface area contributed by atoms with Crippen molar-refractivity contribution < 1.29 is 23.0 Å². The van der Waals surface area contributed by atoms with Crippen molar-refractivity contribution in [3.05, 3.63) is 82.8 Å². The summed E-state index contributed by atoms with van der Waals surface area (Å²) in [5.41, 5.74) is 9.30. The molecule has 1 aliphatic rings. The number of thioether (sulfide) groups is 1. The van der Waals surface area contributed by atoms with E-state index in [2.05, 4.69) is 20.9 Å². The zero-order valence-corrected chi connectivity index (χ0v) is 23.4. The maximum atomic E-state index is 13.6. The largest absolute Gasteiger partial charge is 0.491 e. The first-order chi connectivity index (χ1) is 19.7. The van der Waals surface area contributed by atoms with Crippen LogP contribution in [0.4, 0.5) is 15.9 Å². The summed E-state index contributed by atoms with van der Waals surface area (Å²) < 4.78 is 36.4. The molecular weight excluding hydrogens is 545 g/mol. The quantitative estimate of drug-likeness (QED) is 0.182. The number of hydrogen-bond donors (Lipinski definition) is 1. The van der Waals surface area contributed by atoms with E-state index in [1.165, 1.54) is 24.1 Å². The molecule has 0 amide bonds. The lowest BCUT2D eigenvalue weighted by molar-refractivity contribution is -0.141. The first-order valence-corrected chi connectivity index (χ1v) is 13.7. The van der Waals surface area contributed by atoms with E-state index in [9.17, 15) is 9.65 Å². The first kappa shape index (κ1) is 28.1. The van der Waals surface area contributed by atoms with Gasteiger partial charge in [-0.2, -0.15) is 5.26 Å². The van der Waals surface area contributed by atoms with Crippen molar-refractivity contribution in [2.75, 3.05) is 18.9 Å². The highest BCUT2D eigenvalue weighted by Crippen LogP contribution is 2.42. The number of aryl methyl sites for hydroxylation is 1. The number of nitrogen functional groups attached to an aromatic ring is 1. The molecule has 0 spiro atoms. The minimum Gasteiger partial charge on any atom is -0.491 e. The van der Waals surface area contributed by atoms with Crippen molar-refractivity contribution in [2.45, 2.75) is 43.4 Å². The van der Waals surface area contributed by atoms with Crippen molar-refractivity contribution in [3.63, 3.8) is 0 Å². The highest BCUT2D eigenvalue weighted by atomic mass is 32.2. The smallest absolute Gasteiger partial charge is 0.236 e. The van der Waals surface area contributed by atoms with E-state index in [0.717, 1.165) is 0 Å². The third kappa shape index (κ3) is 6.18. The summed E-state index contributed by atoms with van der Waals surface area (Å²) in [6.45, 7) is 13.9. The number of rotatable bonds is 8. The molecule has 2 aromatic heterocycles. The lowest BCUT2D eigenvalue weighted by Gasteiger charge is -2.17. The average Bonchev–Trinajstić information content (AvgIpc) is 3.58. The van der Waals surface area contributed by atoms with E-state index in [1.807, 2.05) is 13.8 Å². The second-order valence-corrected chi connectivity index (χ2v) is 10.8. The third-order valence-electron chi connectivity index (χ3n) is 6.35. The molecule has 0 radical (unpaired) electrons. The lowest BCUT2D eigenvalue weighted by Crippen LogP contribution is -2.25. The fourth-order valence-electron chi connectivity index (χ4n) is 4.35. The SMILES string of the molecule is [C-]#[N+]c1c(N)nc(SCc2coc(-c3ccc(F)c(C)c3)n2)c(C#N)c1-c1ccc(OC[C@@H]2COC(C)(C)O2)cc1. The van der Waals surface area contributed by atoms with Gasteiger partial charge in [-0.3, -0.25) is 0 Å². The molecule has 4 aromatic rings. The second-order valence-electron chi connectivity index (χ2n) is 9.81. The fraction of sp³-hybridized carbons (Fsp3) is 0.267. The number of halogens is 1. The van der Waals surface area contributed by atoms with Crippen molar-refractivity contribution in [1.29, 1.82) is 5.26 Å². The van der Waals surface area contributed by atoms with Crippen LogP contribution in [0.25, 0.3) is 27.4 Å². The molecule has 0 bridgehead atoms. The maximum absolute atomic E-state index is 13.6. The number of anilines is 1. The molecule has 11 heteroatoms. The molecule has 9 nitrogen and oxygen atoms in total. The Morgan fingerprint density at radius 2 is 1.98 bits per heavy atom. The van der Waals surface area contributed by atoms with Gasteiger partial charge in [0.05, 0.1) is 24.4 Å². The predicted octanol–water partition coefficient (Wildman–Crippen LogP) is 6.68. The Bertz CT molecular complexity index is 1670. The molecule has 2 aromatic carbocycles. The van der Waals surface area contributed by atoms with E-state index >= 15 is 0 Å². The van der Waals surface area contributed by atoms with Crippen LogP contribution < -0.4 is 10.5 Å². The molecule has 3 heterocycles. The second kappa shape index (κ2) is 11.6. The van der Waals surface area contributed by atoms with Gasteiger partial charge < -0.3 is 24.4 Å². The zero-order chi connectivity index (χ0) is 29.1. The standard InChI is InChI=1S/C30H26FN5O4S/c1-17-11-19(7-10-24(17)31)28-35-20(13-38-28)16-41-29-23(12-32)25(26(34-4)27(33)36-29)18-5-8-21(9-6-18)37-14-22-15-39-30(2,3)40-22/h5-11,13,22H,14-16H2,1-3H3,(H2,33,36)/t22-/m1/s1. The van der Waals surface area contributed by atoms with Gasteiger partial charge >= 0.3 is 0 Å². The molecule has 5 rings (SSSR count). The third-order valence-corrected chi connectivity index (χ3v) is 7.36. The number of nitrogens with zero attached hydrogens (tertiary/aromatic N) is 4. The average molecular weight is 572 g/mol. The van der Waals surface area contributed by atoms with Gasteiger partial charge in [0.1, 0.15) is 47.5 Å². The topological polar surface area (TPSA) is 121 Å². The summed E-state index contributed by atoms with van der Waals surface area (Å²) in [6.07, 6.45) is 1.33. The molecule has 0 unspecified atom stereocenters. The fourth-order valence-corrected chi connectivity index (χ4v) is 5.22. The summed E-state index contributed by atoms with van der Waals surface area (Å²) >= 11 is 1.26. The van der Waals surface area contributed by atoms with E-state index in [1.54, 1.807) is 43.3 Å². The summed E-state index contributed by atoms with van der Waals surface area (Å²) in [7, 11) is 0. The minimum atomic E-state index is -0.629. The van der Waals surface area contributed by atoms with Crippen LogP contribution in [0.5, 0.6) is 5.75 Å². The van der Waals surface area contributed by atoms with Gasteiger partial charge in [0.25, 0.3) is 0 Å². The van der Waals surface area contributed by atoms with Crippen molar-refractivity contribution in [3.8, 4) is 34.4 Å². The number of ether oxygens (including phenoxy) is 3. The van der Waals surface area contributed by atoms with Gasteiger partial charge in [0.15, 0.2) is 5.79 Å². The van der Waals surface area contributed by atoms with Gasteiger partial charge in [-0.25, -0.2) is 19.2 Å². The molecular formula is C30H26FN5O4S. The predicted molar refractivity (Wildman–Crippen MR) is 152 cm³/mol. The zero-order valence-electron chi connectivity index (χ0n) is 22.6. The van der Waals surface area contributed by atoms with Crippen LogP contribution in [0.2, 0.25) is 0 Å². The molecule has 0 saturated carbocycles. The van der Waals surface area contributed by atoms with Crippen LogP contribution in [-0.4, -0.2) is 35.1 Å². The normalized spacial score (nSPS) is 15.8. The molecule has 41 heavy (non-hydrogen) atoms. The van der Waals surface area contributed by atoms with E-state index in [0.29, 0.717) is 63.6 Å². The lowest BCUT2D eigenvalue weighted by atomic mass is 10.00. The Morgan fingerprint density at radius 3 is 2.63 bits per heavy atom. The molecule has 2 N–H and O–H groups in total. The van der Waals surface area contributed by atoms with E-state index in [4.69, 9.17) is 30.9 Å². The molecule has 208 valence electrons. The number of nitriles is 1. The van der Waals surface area contributed by atoms with Crippen LogP contribution >= 0.6 is 11.8 Å². The van der Waals surface area contributed by atoms with Crippen molar-refractivity contribution in [2.24, 2.45) is 0 Å². The highest BCUT2D eigenvalue weighted by Gasteiger charge is 2.33. The molecule has 0 aliphatic carbocycles. The van der Waals surface area contributed by atoms with Crippen LogP contribution in [0.3, 0.4) is 0 Å². The van der Waals surface area contributed by atoms with Gasteiger partial charge in [0, 0.05) is 16.9 Å². The monoisotopic (exact) mass is 571 g/mol. The van der Waals surface area contributed by atoms with Gasteiger partial charge in [-0.05, 0) is 62.2 Å². The van der Waals surface area contributed by atoms with Gasteiger partial charge in [-0.1, -0.05) is 23.9 Å². The number of pyridine rings is 1. The van der Waals surface area contributed by atoms with E-state index in [-0.39, 0.29) is 29.0 Å². The van der Waals surface area contributed by atoms with Crippen LogP contribution in [0, 0.1) is 30.6 Å².